The summed E-state index contributed by atoms with van der Waals surface area (Å²) < 4.78 is 42.0. The largest absolute Gasteiger partial charge is 0.573 e. The van der Waals surface area contributed by atoms with E-state index in [9.17, 15) is 13.2 Å². The van der Waals surface area contributed by atoms with Crippen LogP contribution in [0.25, 0.3) is 0 Å². The van der Waals surface area contributed by atoms with Crippen LogP contribution < -0.4 is 15.0 Å². The molecule has 0 amide bonds. The molecular weight excluding hydrogens is 417 g/mol. The standard InChI is InChI=1S/C24H23F3N4O/c25-24(26,27)32-20-9-8-17-10-11-31(15-19(17)12-20)22-13-21(29-23(30-22)18-6-7-18)28-14-16-4-2-1-3-5-16/h1-5,8-9,12-13,18H,6-7,10-11,14-15H2,(H,28,29,30). The van der Waals surface area contributed by atoms with E-state index in [4.69, 9.17) is 9.97 Å². The van der Waals surface area contributed by atoms with Crippen molar-refractivity contribution in [2.24, 2.45) is 0 Å². The Hall–Kier alpha value is -3.29. The molecule has 1 aromatic heterocycles. The highest BCUT2D eigenvalue weighted by atomic mass is 19.4. The van der Waals surface area contributed by atoms with Crippen LogP contribution in [0.1, 0.15) is 41.3 Å². The van der Waals surface area contributed by atoms with Gasteiger partial charge in [0.25, 0.3) is 0 Å². The second-order valence-corrected chi connectivity index (χ2v) is 8.23. The molecule has 5 nitrogen and oxygen atoms in total. The lowest BCUT2D eigenvalue weighted by Crippen LogP contribution is -2.31. The fourth-order valence-electron chi connectivity index (χ4n) is 3.94. The van der Waals surface area contributed by atoms with Crippen LogP contribution in [0.15, 0.2) is 54.6 Å². The highest BCUT2D eigenvalue weighted by Gasteiger charge is 2.32. The number of hydrogen-bond donors (Lipinski definition) is 1. The molecule has 0 bridgehead atoms. The van der Waals surface area contributed by atoms with E-state index in [0.717, 1.165) is 60.0 Å². The van der Waals surface area contributed by atoms with Crippen molar-refractivity contribution in [2.75, 3.05) is 16.8 Å². The zero-order valence-corrected chi connectivity index (χ0v) is 17.4. The zero-order chi connectivity index (χ0) is 22.1. The Morgan fingerprint density at radius 1 is 1.00 bits per heavy atom. The summed E-state index contributed by atoms with van der Waals surface area (Å²) in [6.45, 7) is 1.87. The molecule has 2 heterocycles. The molecule has 0 saturated heterocycles. The van der Waals surface area contributed by atoms with Crippen molar-refractivity contribution < 1.29 is 17.9 Å². The molecule has 0 atom stereocenters. The first-order valence-corrected chi connectivity index (χ1v) is 10.7. The number of anilines is 2. The maximum absolute atomic E-state index is 12.6. The van der Waals surface area contributed by atoms with Crippen molar-refractivity contribution in [2.45, 2.75) is 44.6 Å². The minimum Gasteiger partial charge on any atom is -0.406 e. The Morgan fingerprint density at radius 2 is 1.81 bits per heavy atom. The van der Waals surface area contributed by atoms with Gasteiger partial charge in [0.05, 0.1) is 0 Å². The van der Waals surface area contributed by atoms with Crippen molar-refractivity contribution >= 4 is 11.6 Å². The molecule has 1 saturated carbocycles. The van der Waals surface area contributed by atoms with Crippen LogP contribution >= 0.6 is 0 Å². The van der Waals surface area contributed by atoms with Gasteiger partial charge in [-0.3, -0.25) is 0 Å². The van der Waals surface area contributed by atoms with Gasteiger partial charge < -0.3 is 15.0 Å². The van der Waals surface area contributed by atoms with Gasteiger partial charge in [-0.05, 0) is 48.1 Å². The van der Waals surface area contributed by atoms with Crippen molar-refractivity contribution in [1.82, 2.24) is 9.97 Å². The van der Waals surface area contributed by atoms with E-state index in [-0.39, 0.29) is 5.75 Å². The van der Waals surface area contributed by atoms with Gasteiger partial charge in [0, 0.05) is 31.6 Å². The quantitative estimate of drug-likeness (QED) is 0.554. The monoisotopic (exact) mass is 440 g/mol. The first-order chi connectivity index (χ1) is 15.4. The minimum atomic E-state index is -4.70. The average Bonchev–Trinajstić information content (AvgIpc) is 3.62. The second-order valence-electron chi connectivity index (χ2n) is 8.23. The number of halogens is 3. The fourth-order valence-corrected chi connectivity index (χ4v) is 3.94. The van der Waals surface area contributed by atoms with Gasteiger partial charge in [-0.2, -0.15) is 0 Å². The summed E-state index contributed by atoms with van der Waals surface area (Å²) >= 11 is 0. The van der Waals surface area contributed by atoms with Crippen molar-refractivity contribution in [3.8, 4) is 5.75 Å². The molecule has 8 heteroatoms. The van der Waals surface area contributed by atoms with Gasteiger partial charge in [0.1, 0.15) is 23.2 Å². The number of aromatic nitrogens is 2. The summed E-state index contributed by atoms with van der Waals surface area (Å²) in [7, 11) is 0. The molecule has 166 valence electrons. The summed E-state index contributed by atoms with van der Waals surface area (Å²) in [6.07, 6.45) is -1.80. The van der Waals surface area contributed by atoms with E-state index in [1.807, 2.05) is 24.3 Å². The Balaban J connectivity index is 1.37. The van der Waals surface area contributed by atoms with Crippen LogP contribution in [-0.4, -0.2) is 22.9 Å². The van der Waals surface area contributed by atoms with Crippen LogP contribution in [0.2, 0.25) is 0 Å². The topological polar surface area (TPSA) is 50.3 Å². The number of benzene rings is 2. The Morgan fingerprint density at radius 3 is 2.56 bits per heavy atom. The summed E-state index contributed by atoms with van der Waals surface area (Å²) in [4.78, 5) is 11.6. The van der Waals surface area contributed by atoms with Crippen molar-refractivity contribution in [3.63, 3.8) is 0 Å². The van der Waals surface area contributed by atoms with E-state index in [0.29, 0.717) is 19.0 Å². The number of ether oxygens (including phenoxy) is 1. The number of fused-ring (bicyclic) bond motifs is 1. The van der Waals surface area contributed by atoms with E-state index < -0.39 is 6.36 Å². The normalized spacial score (nSPS) is 15.9. The van der Waals surface area contributed by atoms with Gasteiger partial charge in [-0.15, -0.1) is 13.2 Å². The molecule has 2 aromatic carbocycles. The van der Waals surface area contributed by atoms with Crippen LogP contribution in [0.3, 0.4) is 0 Å². The maximum Gasteiger partial charge on any atom is 0.573 e. The number of rotatable bonds is 6. The molecule has 1 N–H and O–H groups in total. The SMILES string of the molecule is FC(F)(F)Oc1ccc2c(c1)CN(c1cc(NCc3ccccc3)nc(C3CC3)n1)CC2. The Kier molecular flexibility index (Phi) is 5.36. The first kappa shape index (κ1) is 20.6. The predicted molar refractivity (Wildman–Crippen MR) is 116 cm³/mol. The fraction of sp³-hybridized carbons (Fsp3) is 0.333. The van der Waals surface area contributed by atoms with Gasteiger partial charge in [0.15, 0.2) is 0 Å². The lowest BCUT2D eigenvalue weighted by Gasteiger charge is -2.30. The van der Waals surface area contributed by atoms with Crippen LogP contribution in [0.5, 0.6) is 5.75 Å². The Bertz CT molecular complexity index is 1100. The van der Waals surface area contributed by atoms with Gasteiger partial charge in [-0.1, -0.05) is 36.4 Å². The molecule has 1 aliphatic carbocycles. The highest BCUT2D eigenvalue weighted by molar-refractivity contribution is 5.53. The van der Waals surface area contributed by atoms with E-state index in [1.54, 1.807) is 6.07 Å². The second kappa shape index (κ2) is 8.33. The molecule has 2 aliphatic rings. The first-order valence-electron chi connectivity index (χ1n) is 10.7. The van der Waals surface area contributed by atoms with Gasteiger partial charge >= 0.3 is 6.36 Å². The third-order valence-corrected chi connectivity index (χ3v) is 5.74. The molecule has 0 unspecified atom stereocenters. The molecular formula is C24H23F3N4O. The molecule has 32 heavy (non-hydrogen) atoms. The summed E-state index contributed by atoms with van der Waals surface area (Å²) in [6, 6.07) is 16.6. The van der Waals surface area contributed by atoms with E-state index in [2.05, 4.69) is 27.1 Å². The minimum absolute atomic E-state index is 0.190. The van der Waals surface area contributed by atoms with E-state index in [1.165, 1.54) is 12.1 Å². The smallest absolute Gasteiger partial charge is 0.406 e. The molecule has 0 radical (unpaired) electrons. The lowest BCUT2D eigenvalue weighted by atomic mass is 9.99. The van der Waals surface area contributed by atoms with Crippen LogP contribution in [0.4, 0.5) is 24.8 Å². The van der Waals surface area contributed by atoms with Gasteiger partial charge in [-0.25, -0.2) is 9.97 Å². The highest BCUT2D eigenvalue weighted by Crippen LogP contribution is 2.39. The number of alkyl halides is 3. The maximum atomic E-state index is 12.6. The summed E-state index contributed by atoms with van der Waals surface area (Å²) in [5, 5.41) is 3.39. The van der Waals surface area contributed by atoms with Crippen LogP contribution in [-0.2, 0) is 19.5 Å². The van der Waals surface area contributed by atoms with Gasteiger partial charge in [0.2, 0.25) is 0 Å². The summed E-state index contributed by atoms with van der Waals surface area (Å²) in [5.41, 5.74) is 3.02. The number of nitrogens with zero attached hydrogens (tertiary/aromatic N) is 3. The Labute approximate surface area is 184 Å². The predicted octanol–water partition coefficient (Wildman–Crippen LogP) is 5.43. The summed E-state index contributed by atoms with van der Waals surface area (Å²) in [5.74, 6) is 2.59. The molecule has 1 aliphatic heterocycles. The van der Waals surface area contributed by atoms with Crippen molar-refractivity contribution in [1.29, 1.82) is 0 Å². The molecule has 3 aromatic rings. The van der Waals surface area contributed by atoms with Crippen molar-refractivity contribution in [3.05, 3.63) is 77.1 Å². The zero-order valence-electron chi connectivity index (χ0n) is 17.4. The molecule has 1 fully saturated rings. The number of hydrogen-bond acceptors (Lipinski definition) is 5. The van der Waals surface area contributed by atoms with Crippen LogP contribution in [0, 0.1) is 0 Å². The molecule has 0 spiro atoms. The average molecular weight is 440 g/mol. The number of nitrogens with one attached hydrogen (secondary N) is 1. The third-order valence-electron chi connectivity index (χ3n) is 5.74. The third kappa shape index (κ3) is 4.95. The molecule has 5 rings (SSSR count). The lowest BCUT2D eigenvalue weighted by molar-refractivity contribution is -0.274. The van der Waals surface area contributed by atoms with E-state index >= 15 is 0 Å².